The van der Waals surface area contributed by atoms with Crippen LogP contribution in [-0.4, -0.2) is 53.8 Å². The molecule has 1 aromatic heterocycles. The molecule has 0 amide bonds. The summed E-state index contributed by atoms with van der Waals surface area (Å²) in [5, 5.41) is 0. The summed E-state index contributed by atoms with van der Waals surface area (Å²) < 4.78 is 5.63. The van der Waals surface area contributed by atoms with E-state index < -0.39 is 0 Å². The molecule has 1 fully saturated rings. The van der Waals surface area contributed by atoms with E-state index in [4.69, 9.17) is 16.9 Å². The van der Waals surface area contributed by atoms with Crippen LogP contribution >= 0.6 is 0 Å². The van der Waals surface area contributed by atoms with E-state index >= 15 is 0 Å². The predicted molar refractivity (Wildman–Crippen MR) is 108 cm³/mol. The van der Waals surface area contributed by atoms with Crippen LogP contribution in [-0.2, 0) is 16.0 Å². The zero-order valence-electron chi connectivity index (χ0n) is 16.6. The molecule has 0 atom stereocenters. The maximum absolute atomic E-state index is 12.6. The number of nitrogens with two attached hydrogens (primary N) is 1. The van der Waals surface area contributed by atoms with Gasteiger partial charge in [0.05, 0.1) is 22.6 Å². The number of rotatable bonds is 6. The van der Waals surface area contributed by atoms with Gasteiger partial charge in [0, 0.05) is 33.0 Å². The van der Waals surface area contributed by atoms with Crippen molar-refractivity contribution in [3.05, 3.63) is 34.7 Å². The van der Waals surface area contributed by atoms with Gasteiger partial charge in [0.15, 0.2) is 11.6 Å². The molecule has 0 spiro atoms. The Bertz CT molecular complexity index is 858. The van der Waals surface area contributed by atoms with Crippen LogP contribution in [0.5, 0.6) is 0 Å². The lowest BCUT2D eigenvalue weighted by Gasteiger charge is -2.41. The zero-order chi connectivity index (χ0) is 20.3. The highest BCUT2D eigenvalue weighted by molar-refractivity contribution is 6.10. The average molecular weight is 381 g/mol. The number of carbonyl (C=O) groups excluding carboxylic acids is 2. The molecule has 1 saturated heterocycles. The molecule has 6 heteroatoms. The molecule has 0 unspecified atom stereocenters. The topological polar surface area (TPSA) is 85.5 Å². The third kappa shape index (κ3) is 3.87. The number of ketones is 2. The number of nitrogens with zero attached hydrogens (tertiary/aromatic N) is 2. The first kappa shape index (κ1) is 20.2. The summed E-state index contributed by atoms with van der Waals surface area (Å²) in [6.45, 7) is 3.98. The normalized spacial score (nSPS) is 18.6. The molecule has 0 radical (unpaired) electrons. The van der Waals surface area contributed by atoms with Crippen molar-refractivity contribution in [3.8, 4) is 12.3 Å². The number of hydrogen-bond acceptors (Lipinski definition) is 6. The van der Waals surface area contributed by atoms with Crippen molar-refractivity contribution in [1.82, 2.24) is 9.88 Å². The number of methoxy groups -OCH3 is 1. The van der Waals surface area contributed by atoms with Crippen molar-refractivity contribution in [1.29, 1.82) is 0 Å². The van der Waals surface area contributed by atoms with Gasteiger partial charge >= 0.3 is 0 Å². The van der Waals surface area contributed by atoms with Crippen LogP contribution in [0.4, 0.5) is 0 Å². The van der Waals surface area contributed by atoms with E-state index in [-0.39, 0.29) is 23.6 Å². The SMILES string of the molecule is C#CC1=C(N2CCC(C)(OC)CC2)c2nc(C(=O)CCCN)ccc2CC1=O. The van der Waals surface area contributed by atoms with Crippen molar-refractivity contribution in [2.75, 3.05) is 26.7 Å². The molecule has 1 aliphatic carbocycles. The van der Waals surface area contributed by atoms with Crippen LogP contribution in [0, 0.1) is 12.3 Å². The Kier molecular flexibility index (Phi) is 5.97. The number of allylic oxidation sites excluding steroid dienone is 1. The summed E-state index contributed by atoms with van der Waals surface area (Å²) in [5.74, 6) is 2.46. The first-order valence-electron chi connectivity index (χ1n) is 9.70. The van der Waals surface area contributed by atoms with E-state index in [9.17, 15) is 9.59 Å². The zero-order valence-corrected chi connectivity index (χ0v) is 16.6. The summed E-state index contributed by atoms with van der Waals surface area (Å²) in [6.07, 6.45) is 8.54. The van der Waals surface area contributed by atoms with Gasteiger partial charge in [0.25, 0.3) is 0 Å². The number of likely N-dealkylation sites (tertiary alicyclic amines) is 1. The van der Waals surface area contributed by atoms with Crippen LogP contribution in [0.3, 0.4) is 0 Å². The van der Waals surface area contributed by atoms with Crippen LogP contribution in [0.25, 0.3) is 5.70 Å². The van der Waals surface area contributed by atoms with E-state index in [0.29, 0.717) is 55.1 Å². The fraction of sp³-hybridized carbons (Fsp3) is 0.500. The second-order valence-corrected chi connectivity index (χ2v) is 7.63. The van der Waals surface area contributed by atoms with E-state index in [1.807, 2.05) is 6.07 Å². The van der Waals surface area contributed by atoms with Gasteiger partial charge in [-0.1, -0.05) is 12.0 Å². The first-order chi connectivity index (χ1) is 13.4. The number of aromatic nitrogens is 1. The van der Waals surface area contributed by atoms with E-state index in [1.165, 1.54) is 0 Å². The molecule has 3 rings (SSSR count). The Morgan fingerprint density at radius 3 is 2.71 bits per heavy atom. The number of fused-ring (bicyclic) bond motifs is 1. The molecule has 28 heavy (non-hydrogen) atoms. The Morgan fingerprint density at radius 1 is 1.39 bits per heavy atom. The Hall–Kier alpha value is -2.49. The van der Waals surface area contributed by atoms with Gasteiger partial charge in [-0.2, -0.15) is 0 Å². The highest BCUT2D eigenvalue weighted by Gasteiger charge is 2.35. The number of ether oxygens (including phenoxy) is 1. The smallest absolute Gasteiger partial charge is 0.181 e. The third-order valence-corrected chi connectivity index (χ3v) is 5.74. The summed E-state index contributed by atoms with van der Waals surface area (Å²) in [4.78, 5) is 31.8. The number of Topliss-reactive ketones (excluding diaryl/α,β-unsaturated/α-hetero) is 2. The Labute approximate surface area is 166 Å². The molecular formula is C22H27N3O3. The monoisotopic (exact) mass is 381 g/mol. The molecule has 2 heterocycles. The molecule has 0 bridgehead atoms. The standard InChI is InChI=1S/C22H27N3O3/c1-4-16-19(27)14-15-7-8-17(18(26)6-5-11-23)24-20(15)21(16)25-12-9-22(2,28-3)10-13-25/h1,7-8H,5-6,9-14,23H2,2-3H3. The van der Waals surface area contributed by atoms with Gasteiger partial charge in [-0.15, -0.1) is 6.42 Å². The number of pyridine rings is 1. The minimum Gasteiger partial charge on any atom is -0.378 e. The van der Waals surface area contributed by atoms with Gasteiger partial charge in [0.1, 0.15) is 5.69 Å². The Morgan fingerprint density at radius 2 is 2.11 bits per heavy atom. The molecule has 1 aromatic rings. The molecule has 2 N–H and O–H groups in total. The maximum atomic E-state index is 12.6. The van der Waals surface area contributed by atoms with Crippen LogP contribution in [0.1, 0.15) is 54.4 Å². The van der Waals surface area contributed by atoms with Gasteiger partial charge in [0.2, 0.25) is 0 Å². The lowest BCUT2D eigenvalue weighted by molar-refractivity contribution is -0.114. The van der Waals surface area contributed by atoms with Crippen molar-refractivity contribution < 1.29 is 14.3 Å². The quantitative estimate of drug-likeness (QED) is 0.599. The molecule has 0 aromatic carbocycles. The van der Waals surface area contributed by atoms with Crippen LogP contribution in [0.2, 0.25) is 0 Å². The minimum absolute atomic E-state index is 0.0441. The number of hydrogen-bond donors (Lipinski definition) is 1. The fourth-order valence-corrected chi connectivity index (χ4v) is 3.76. The first-order valence-corrected chi connectivity index (χ1v) is 9.70. The van der Waals surface area contributed by atoms with Gasteiger partial charge in [-0.25, -0.2) is 4.98 Å². The summed E-state index contributed by atoms with van der Waals surface area (Å²) in [7, 11) is 1.72. The Balaban J connectivity index is 1.99. The fourth-order valence-electron chi connectivity index (χ4n) is 3.76. The highest BCUT2D eigenvalue weighted by Crippen LogP contribution is 2.35. The molecule has 6 nitrogen and oxygen atoms in total. The summed E-state index contributed by atoms with van der Waals surface area (Å²) in [5.41, 5.74) is 8.24. The van der Waals surface area contributed by atoms with E-state index in [1.54, 1.807) is 13.2 Å². The second kappa shape index (κ2) is 8.26. The van der Waals surface area contributed by atoms with Gasteiger partial charge in [-0.05, 0) is 44.4 Å². The number of carbonyl (C=O) groups is 2. The highest BCUT2D eigenvalue weighted by atomic mass is 16.5. The summed E-state index contributed by atoms with van der Waals surface area (Å²) >= 11 is 0. The van der Waals surface area contributed by atoms with Crippen molar-refractivity contribution in [3.63, 3.8) is 0 Å². The van der Waals surface area contributed by atoms with E-state index in [2.05, 4.69) is 22.7 Å². The molecule has 1 aliphatic heterocycles. The third-order valence-electron chi connectivity index (χ3n) is 5.74. The predicted octanol–water partition coefficient (Wildman–Crippen LogP) is 1.97. The maximum Gasteiger partial charge on any atom is 0.181 e. The molecule has 0 saturated carbocycles. The van der Waals surface area contributed by atoms with Gasteiger partial charge in [-0.3, -0.25) is 9.59 Å². The van der Waals surface area contributed by atoms with Gasteiger partial charge < -0.3 is 15.4 Å². The van der Waals surface area contributed by atoms with Crippen molar-refractivity contribution in [2.45, 2.75) is 44.6 Å². The van der Waals surface area contributed by atoms with E-state index in [0.717, 1.165) is 18.4 Å². The second-order valence-electron chi connectivity index (χ2n) is 7.63. The molecule has 148 valence electrons. The summed E-state index contributed by atoms with van der Waals surface area (Å²) in [6, 6.07) is 3.52. The number of piperidine rings is 1. The largest absolute Gasteiger partial charge is 0.378 e. The van der Waals surface area contributed by atoms with Crippen molar-refractivity contribution >= 4 is 17.3 Å². The lowest BCUT2D eigenvalue weighted by atomic mass is 9.88. The minimum atomic E-state index is -0.178. The van der Waals surface area contributed by atoms with Crippen LogP contribution in [0.15, 0.2) is 17.7 Å². The number of terminal acetylenes is 1. The average Bonchev–Trinajstić information content (AvgIpc) is 2.71. The molecular weight excluding hydrogens is 354 g/mol. The van der Waals surface area contributed by atoms with Crippen molar-refractivity contribution in [2.24, 2.45) is 5.73 Å². The van der Waals surface area contributed by atoms with Crippen LogP contribution < -0.4 is 5.73 Å². The molecule has 2 aliphatic rings. The lowest BCUT2D eigenvalue weighted by Crippen LogP contribution is -2.44.